The molecule has 58 valence electrons. The van der Waals surface area contributed by atoms with Crippen molar-refractivity contribution in [1.29, 1.82) is 10.5 Å². The molecule has 0 fully saturated rings. The van der Waals surface area contributed by atoms with Crippen LogP contribution in [-0.2, 0) is 0 Å². The Morgan fingerprint density at radius 3 is 2.00 bits per heavy atom. The lowest BCUT2D eigenvalue weighted by Crippen LogP contribution is -2.15. The second-order valence-electron chi connectivity index (χ2n) is 1.99. The summed E-state index contributed by atoms with van der Waals surface area (Å²) in [4.78, 5) is 1.90. The lowest BCUT2D eigenvalue weighted by molar-refractivity contribution is 0.417. The third kappa shape index (κ3) is 3.27. The van der Waals surface area contributed by atoms with Crippen molar-refractivity contribution in [3.63, 3.8) is 0 Å². The van der Waals surface area contributed by atoms with E-state index in [1.807, 2.05) is 30.9 Å². The summed E-state index contributed by atoms with van der Waals surface area (Å²) in [5.41, 5.74) is 0.161. The number of hydrogen-bond donors (Lipinski definition) is 0. The van der Waals surface area contributed by atoms with Gasteiger partial charge in [-0.3, -0.25) is 0 Å². The van der Waals surface area contributed by atoms with Gasteiger partial charge in [-0.25, -0.2) is 0 Å². The summed E-state index contributed by atoms with van der Waals surface area (Å²) >= 11 is 0. The fourth-order valence-electron chi connectivity index (χ4n) is 0.671. The van der Waals surface area contributed by atoms with Crippen molar-refractivity contribution in [3.8, 4) is 12.1 Å². The second-order valence-corrected chi connectivity index (χ2v) is 1.99. The zero-order valence-corrected chi connectivity index (χ0v) is 6.83. The molecule has 0 spiro atoms. The van der Waals surface area contributed by atoms with E-state index in [0.29, 0.717) is 0 Å². The monoisotopic (exact) mass is 149 g/mol. The first kappa shape index (κ1) is 9.52. The number of rotatable bonds is 3. The number of nitriles is 2. The Morgan fingerprint density at radius 1 is 1.27 bits per heavy atom. The fourth-order valence-corrected chi connectivity index (χ4v) is 0.671. The molecule has 0 aromatic carbocycles. The quantitative estimate of drug-likeness (QED) is 0.567. The van der Waals surface area contributed by atoms with Crippen molar-refractivity contribution in [2.24, 2.45) is 0 Å². The largest absolute Gasteiger partial charge is 0.376 e. The Balaban J connectivity index is 4.28. The highest BCUT2D eigenvalue weighted by atomic mass is 15.1. The molecular weight excluding hydrogens is 138 g/mol. The second kappa shape index (κ2) is 5.32. The summed E-state index contributed by atoms with van der Waals surface area (Å²) in [5, 5.41) is 16.8. The van der Waals surface area contributed by atoms with E-state index in [4.69, 9.17) is 10.5 Å². The minimum atomic E-state index is 0.161. The zero-order valence-electron chi connectivity index (χ0n) is 6.83. The van der Waals surface area contributed by atoms with E-state index < -0.39 is 0 Å². The fraction of sp³-hybridized carbons (Fsp3) is 0.500. The van der Waals surface area contributed by atoms with Crippen LogP contribution in [0.2, 0.25) is 0 Å². The maximum Gasteiger partial charge on any atom is 0.145 e. The zero-order chi connectivity index (χ0) is 8.69. The number of nitrogens with zero attached hydrogens (tertiary/aromatic N) is 3. The molecule has 0 rings (SSSR count). The number of hydrogen-bond acceptors (Lipinski definition) is 3. The maximum absolute atomic E-state index is 8.40. The molecule has 0 saturated carbocycles. The van der Waals surface area contributed by atoms with Crippen LogP contribution in [0.5, 0.6) is 0 Å². The molecule has 11 heavy (non-hydrogen) atoms. The van der Waals surface area contributed by atoms with E-state index in [0.717, 1.165) is 13.1 Å². The number of allylic oxidation sites excluding steroid dienone is 1. The molecule has 0 aliphatic rings. The van der Waals surface area contributed by atoms with Gasteiger partial charge in [0.2, 0.25) is 0 Å². The third-order valence-electron chi connectivity index (χ3n) is 1.36. The van der Waals surface area contributed by atoms with Gasteiger partial charge in [-0.1, -0.05) is 0 Å². The predicted molar refractivity (Wildman–Crippen MR) is 42.2 cm³/mol. The molecule has 0 aliphatic carbocycles. The molecule has 0 unspecified atom stereocenters. The molecule has 0 N–H and O–H groups in total. The van der Waals surface area contributed by atoms with Crippen LogP contribution in [0, 0.1) is 22.7 Å². The highest BCUT2D eigenvalue weighted by Gasteiger charge is 1.95. The molecular formula is C8H11N3. The standard InChI is InChI=1S/C8H11N3/c1-3-11(4-2)7-8(5-9)6-10/h7H,3-4H2,1-2H3. The summed E-state index contributed by atoms with van der Waals surface area (Å²) in [6, 6.07) is 3.62. The van der Waals surface area contributed by atoms with Gasteiger partial charge in [0.1, 0.15) is 17.7 Å². The Hall–Kier alpha value is -1.48. The van der Waals surface area contributed by atoms with E-state index in [1.54, 1.807) is 6.20 Å². The van der Waals surface area contributed by atoms with E-state index >= 15 is 0 Å². The van der Waals surface area contributed by atoms with Gasteiger partial charge in [0, 0.05) is 19.3 Å². The van der Waals surface area contributed by atoms with E-state index in [2.05, 4.69) is 0 Å². The van der Waals surface area contributed by atoms with Crippen LogP contribution in [0.3, 0.4) is 0 Å². The van der Waals surface area contributed by atoms with Crippen LogP contribution in [0.25, 0.3) is 0 Å². The first-order chi connectivity index (χ1) is 5.28. The molecule has 0 radical (unpaired) electrons. The van der Waals surface area contributed by atoms with Crippen LogP contribution < -0.4 is 0 Å². The Labute approximate surface area is 67.1 Å². The van der Waals surface area contributed by atoms with Gasteiger partial charge in [-0.2, -0.15) is 10.5 Å². The van der Waals surface area contributed by atoms with Gasteiger partial charge < -0.3 is 4.90 Å². The van der Waals surface area contributed by atoms with Crippen LogP contribution in [0.1, 0.15) is 13.8 Å². The van der Waals surface area contributed by atoms with Crippen molar-refractivity contribution in [1.82, 2.24) is 4.90 Å². The van der Waals surface area contributed by atoms with Crippen molar-refractivity contribution < 1.29 is 0 Å². The molecule has 0 saturated heterocycles. The Morgan fingerprint density at radius 2 is 1.73 bits per heavy atom. The van der Waals surface area contributed by atoms with Gasteiger partial charge in [-0.15, -0.1) is 0 Å². The summed E-state index contributed by atoms with van der Waals surface area (Å²) < 4.78 is 0. The molecule has 3 heteroatoms. The van der Waals surface area contributed by atoms with Gasteiger partial charge in [-0.05, 0) is 13.8 Å². The molecule has 0 bridgehead atoms. The molecule has 0 aromatic heterocycles. The van der Waals surface area contributed by atoms with Crippen molar-refractivity contribution in [3.05, 3.63) is 11.8 Å². The topological polar surface area (TPSA) is 50.8 Å². The minimum absolute atomic E-state index is 0.161. The van der Waals surface area contributed by atoms with Crippen molar-refractivity contribution >= 4 is 0 Å². The van der Waals surface area contributed by atoms with Crippen LogP contribution in [0.4, 0.5) is 0 Å². The van der Waals surface area contributed by atoms with Gasteiger partial charge in [0.25, 0.3) is 0 Å². The van der Waals surface area contributed by atoms with Crippen molar-refractivity contribution in [2.45, 2.75) is 13.8 Å². The summed E-state index contributed by atoms with van der Waals surface area (Å²) in [7, 11) is 0. The van der Waals surface area contributed by atoms with Gasteiger partial charge in [0.15, 0.2) is 0 Å². The molecule has 0 aromatic rings. The summed E-state index contributed by atoms with van der Waals surface area (Å²) in [6.07, 6.45) is 1.58. The van der Waals surface area contributed by atoms with E-state index in [-0.39, 0.29) is 5.57 Å². The average Bonchev–Trinajstić information content (AvgIpc) is 2.07. The molecule has 0 heterocycles. The lowest BCUT2D eigenvalue weighted by atomic mass is 10.3. The minimum Gasteiger partial charge on any atom is -0.376 e. The Bertz CT molecular complexity index is 196. The predicted octanol–water partition coefficient (Wildman–Crippen LogP) is 1.26. The van der Waals surface area contributed by atoms with E-state index in [9.17, 15) is 0 Å². The lowest BCUT2D eigenvalue weighted by Gasteiger charge is -2.13. The normalized spacial score (nSPS) is 7.64. The molecule has 0 atom stereocenters. The maximum atomic E-state index is 8.40. The Kier molecular flexibility index (Phi) is 4.60. The first-order valence-electron chi connectivity index (χ1n) is 3.54. The van der Waals surface area contributed by atoms with Gasteiger partial charge in [0.05, 0.1) is 0 Å². The SMILES string of the molecule is CCN(C=C(C#N)C#N)CC. The summed E-state index contributed by atoms with van der Waals surface area (Å²) in [6.45, 7) is 5.60. The van der Waals surface area contributed by atoms with E-state index in [1.165, 1.54) is 0 Å². The van der Waals surface area contributed by atoms with Crippen LogP contribution >= 0.6 is 0 Å². The van der Waals surface area contributed by atoms with Gasteiger partial charge >= 0.3 is 0 Å². The first-order valence-corrected chi connectivity index (χ1v) is 3.54. The average molecular weight is 149 g/mol. The highest BCUT2D eigenvalue weighted by Crippen LogP contribution is 1.94. The smallest absolute Gasteiger partial charge is 0.145 e. The van der Waals surface area contributed by atoms with Crippen LogP contribution in [-0.4, -0.2) is 18.0 Å². The molecule has 0 amide bonds. The van der Waals surface area contributed by atoms with Crippen molar-refractivity contribution in [2.75, 3.05) is 13.1 Å². The third-order valence-corrected chi connectivity index (χ3v) is 1.36. The highest BCUT2D eigenvalue weighted by molar-refractivity contribution is 5.34. The van der Waals surface area contributed by atoms with Crippen LogP contribution in [0.15, 0.2) is 11.8 Å². The molecule has 0 aliphatic heterocycles. The summed E-state index contributed by atoms with van der Waals surface area (Å²) in [5.74, 6) is 0. The molecule has 3 nitrogen and oxygen atoms in total.